The molecule has 5 heteroatoms. The van der Waals surface area contributed by atoms with Gasteiger partial charge in [0.05, 0.1) is 13.7 Å². The Hall–Kier alpha value is -1.75. The van der Waals surface area contributed by atoms with E-state index in [1.807, 2.05) is 13.0 Å². The first-order chi connectivity index (χ1) is 9.21. The van der Waals surface area contributed by atoms with Gasteiger partial charge in [0.15, 0.2) is 6.61 Å². The summed E-state index contributed by atoms with van der Waals surface area (Å²) in [6.45, 7) is 5.58. The molecule has 1 rings (SSSR count). The molecule has 0 aliphatic heterocycles. The van der Waals surface area contributed by atoms with E-state index in [0.717, 1.165) is 17.9 Å². The van der Waals surface area contributed by atoms with Crippen LogP contribution >= 0.6 is 0 Å². The number of carbonyl (C=O) groups excluding carboxylic acids is 1. The topological polar surface area (TPSA) is 56.8 Å². The van der Waals surface area contributed by atoms with Crippen molar-refractivity contribution in [1.82, 2.24) is 5.32 Å². The minimum absolute atomic E-state index is 0.0840. The molecule has 0 aliphatic carbocycles. The minimum atomic E-state index is -0.368. The molecule has 19 heavy (non-hydrogen) atoms. The quantitative estimate of drug-likeness (QED) is 0.727. The summed E-state index contributed by atoms with van der Waals surface area (Å²) in [7, 11) is 1.62. The third kappa shape index (κ3) is 5.18. The first kappa shape index (κ1) is 15.3. The molecule has 0 bridgehead atoms. The van der Waals surface area contributed by atoms with Gasteiger partial charge in [-0.25, -0.2) is 4.79 Å². The zero-order chi connectivity index (χ0) is 14.1. The van der Waals surface area contributed by atoms with Crippen LogP contribution < -0.4 is 14.8 Å². The second kappa shape index (κ2) is 8.37. The monoisotopic (exact) mass is 267 g/mol. The van der Waals surface area contributed by atoms with Crippen LogP contribution in [-0.2, 0) is 16.1 Å². The summed E-state index contributed by atoms with van der Waals surface area (Å²) in [6, 6.07) is 5.49. The number of ether oxygens (including phenoxy) is 3. The SMILES string of the molecule is CCNCc1cc(OC)ccc1OCC(=O)OCC. The van der Waals surface area contributed by atoms with Gasteiger partial charge in [0.25, 0.3) is 0 Å². The Morgan fingerprint density at radius 3 is 2.74 bits per heavy atom. The van der Waals surface area contributed by atoms with E-state index in [2.05, 4.69) is 5.32 Å². The molecule has 0 saturated heterocycles. The van der Waals surface area contributed by atoms with Gasteiger partial charge in [-0.1, -0.05) is 6.92 Å². The van der Waals surface area contributed by atoms with E-state index in [1.54, 1.807) is 26.2 Å². The molecule has 0 saturated carbocycles. The molecule has 0 amide bonds. The lowest BCUT2D eigenvalue weighted by atomic mass is 10.2. The number of nitrogens with one attached hydrogen (secondary N) is 1. The van der Waals surface area contributed by atoms with Gasteiger partial charge in [0, 0.05) is 12.1 Å². The molecule has 106 valence electrons. The number of rotatable bonds is 8. The van der Waals surface area contributed by atoms with Crippen molar-refractivity contribution in [2.45, 2.75) is 20.4 Å². The summed E-state index contributed by atoms with van der Waals surface area (Å²) >= 11 is 0. The number of methoxy groups -OCH3 is 1. The summed E-state index contributed by atoms with van der Waals surface area (Å²) in [5.41, 5.74) is 0.950. The van der Waals surface area contributed by atoms with Crippen LogP contribution in [0.2, 0.25) is 0 Å². The smallest absolute Gasteiger partial charge is 0.344 e. The average molecular weight is 267 g/mol. The highest BCUT2D eigenvalue weighted by Gasteiger charge is 2.08. The van der Waals surface area contributed by atoms with Gasteiger partial charge < -0.3 is 19.5 Å². The second-order valence-electron chi connectivity index (χ2n) is 3.85. The fourth-order valence-electron chi connectivity index (χ4n) is 1.56. The lowest BCUT2D eigenvalue weighted by Gasteiger charge is -2.12. The van der Waals surface area contributed by atoms with Crippen LogP contribution in [0.4, 0.5) is 0 Å². The highest BCUT2D eigenvalue weighted by atomic mass is 16.6. The Bertz CT molecular complexity index is 406. The standard InChI is InChI=1S/C14H21NO4/c1-4-15-9-11-8-12(17-3)6-7-13(11)19-10-14(16)18-5-2/h6-8,15H,4-5,9-10H2,1-3H3. The molecule has 0 heterocycles. The van der Waals surface area contributed by atoms with E-state index in [-0.39, 0.29) is 12.6 Å². The van der Waals surface area contributed by atoms with Crippen LogP contribution in [0, 0.1) is 0 Å². The van der Waals surface area contributed by atoms with Crippen LogP contribution in [0.3, 0.4) is 0 Å². The number of hydrogen-bond acceptors (Lipinski definition) is 5. The van der Waals surface area contributed by atoms with Gasteiger partial charge in [-0.3, -0.25) is 0 Å². The van der Waals surface area contributed by atoms with Crippen molar-refractivity contribution in [2.24, 2.45) is 0 Å². The van der Waals surface area contributed by atoms with Crippen LogP contribution in [0.15, 0.2) is 18.2 Å². The third-order valence-electron chi connectivity index (χ3n) is 2.48. The van der Waals surface area contributed by atoms with Gasteiger partial charge in [-0.05, 0) is 31.7 Å². The lowest BCUT2D eigenvalue weighted by Crippen LogP contribution is -2.17. The lowest BCUT2D eigenvalue weighted by molar-refractivity contribution is -0.145. The van der Waals surface area contributed by atoms with Crippen molar-refractivity contribution in [3.05, 3.63) is 23.8 Å². The van der Waals surface area contributed by atoms with Gasteiger partial charge >= 0.3 is 5.97 Å². The Morgan fingerprint density at radius 2 is 2.11 bits per heavy atom. The van der Waals surface area contributed by atoms with Crippen molar-refractivity contribution in [3.8, 4) is 11.5 Å². The molecule has 0 aliphatic rings. The van der Waals surface area contributed by atoms with Crippen LogP contribution in [-0.4, -0.2) is 32.8 Å². The largest absolute Gasteiger partial charge is 0.497 e. The maximum absolute atomic E-state index is 11.3. The fourth-order valence-corrected chi connectivity index (χ4v) is 1.56. The van der Waals surface area contributed by atoms with Crippen LogP contribution in [0.25, 0.3) is 0 Å². The Morgan fingerprint density at radius 1 is 1.32 bits per heavy atom. The predicted octanol–water partition coefficient (Wildman–Crippen LogP) is 1.75. The number of benzene rings is 1. The summed E-state index contributed by atoms with van der Waals surface area (Å²) in [5.74, 6) is 1.05. The van der Waals surface area contributed by atoms with E-state index in [4.69, 9.17) is 14.2 Å². The molecule has 0 atom stereocenters. The highest BCUT2D eigenvalue weighted by molar-refractivity contribution is 5.71. The number of hydrogen-bond donors (Lipinski definition) is 1. The van der Waals surface area contributed by atoms with E-state index in [0.29, 0.717) is 18.9 Å². The van der Waals surface area contributed by atoms with Crippen molar-refractivity contribution in [3.63, 3.8) is 0 Å². The van der Waals surface area contributed by atoms with Crippen molar-refractivity contribution >= 4 is 5.97 Å². The molecule has 1 aromatic rings. The third-order valence-corrected chi connectivity index (χ3v) is 2.48. The van der Waals surface area contributed by atoms with E-state index >= 15 is 0 Å². The average Bonchev–Trinajstić information content (AvgIpc) is 2.43. The number of esters is 1. The Balaban J connectivity index is 2.71. The minimum Gasteiger partial charge on any atom is -0.497 e. The van der Waals surface area contributed by atoms with Gasteiger partial charge in [0.1, 0.15) is 11.5 Å². The predicted molar refractivity (Wildman–Crippen MR) is 72.5 cm³/mol. The van der Waals surface area contributed by atoms with E-state index in [9.17, 15) is 4.79 Å². The maximum atomic E-state index is 11.3. The fraction of sp³-hybridized carbons (Fsp3) is 0.500. The first-order valence-electron chi connectivity index (χ1n) is 6.37. The van der Waals surface area contributed by atoms with Crippen LogP contribution in [0.5, 0.6) is 11.5 Å². The molecule has 0 aromatic heterocycles. The molecule has 0 radical (unpaired) electrons. The van der Waals surface area contributed by atoms with E-state index < -0.39 is 0 Å². The summed E-state index contributed by atoms with van der Waals surface area (Å²) in [6.07, 6.45) is 0. The zero-order valence-corrected chi connectivity index (χ0v) is 11.7. The van der Waals surface area contributed by atoms with Gasteiger partial charge in [0.2, 0.25) is 0 Å². The van der Waals surface area contributed by atoms with Gasteiger partial charge in [-0.15, -0.1) is 0 Å². The molecule has 1 aromatic carbocycles. The van der Waals surface area contributed by atoms with Crippen LogP contribution in [0.1, 0.15) is 19.4 Å². The first-order valence-corrected chi connectivity index (χ1v) is 6.37. The maximum Gasteiger partial charge on any atom is 0.344 e. The molecule has 0 fully saturated rings. The molecule has 1 N–H and O–H groups in total. The second-order valence-corrected chi connectivity index (χ2v) is 3.85. The Kier molecular flexibility index (Phi) is 6.74. The van der Waals surface area contributed by atoms with Crippen molar-refractivity contribution < 1.29 is 19.0 Å². The van der Waals surface area contributed by atoms with Gasteiger partial charge in [-0.2, -0.15) is 0 Å². The molecule has 0 spiro atoms. The highest BCUT2D eigenvalue weighted by Crippen LogP contribution is 2.24. The van der Waals surface area contributed by atoms with E-state index in [1.165, 1.54) is 0 Å². The van der Waals surface area contributed by atoms with Crippen molar-refractivity contribution in [1.29, 1.82) is 0 Å². The summed E-state index contributed by atoms with van der Waals surface area (Å²) in [4.78, 5) is 11.3. The molecular weight excluding hydrogens is 246 g/mol. The summed E-state index contributed by atoms with van der Waals surface area (Å²) in [5, 5.41) is 3.22. The zero-order valence-electron chi connectivity index (χ0n) is 11.7. The molecule has 0 unspecified atom stereocenters. The number of carbonyl (C=O) groups is 1. The molecule has 5 nitrogen and oxygen atoms in total. The molecular formula is C14H21NO4. The Labute approximate surface area is 113 Å². The normalized spacial score (nSPS) is 10.1. The summed E-state index contributed by atoms with van der Waals surface area (Å²) < 4.78 is 15.5. The van der Waals surface area contributed by atoms with Crippen molar-refractivity contribution in [2.75, 3.05) is 26.9 Å².